The number of fused-ring (bicyclic) bond motifs is 1. The number of amides is 2. The topological polar surface area (TPSA) is 45.6 Å². The monoisotopic (exact) mass is 355 g/mol. The number of hydrogen-bond donors (Lipinski definition) is 0. The Hall–Kier alpha value is -2.30. The zero-order valence-electron chi connectivity index (χ0n) is 16.1. The lowest BCUT2D eigenvalue weighted by Crippen LogP contribution is -2.37. The van der Waals surface area contributed by atoms with Crippen molar-refractivity contribution in [2.24, 2.45) is 7.05 Å². The Morgan fingerprint density at radius 1 is 1.00 bits per heavy atom. The van der Waals surface area contributed by atoms with E-state index in [2.05, 4.69) is 30.7 Å². The standard InChI is InChI=1S/C21H29N3O2/c1-4-8-20(25)23-11-7-12-24(14-13-23)21(26)15-18-16(2)22(3)19-10-6-5-9-17(18)19/h5-6,9-10H,4,7-8,11-15H2,1-3H3. The SMILES string of the molecule is CCCC(=O)N1CCCN(C(=O)Cc2c(C)n(C)c3ccccc23)CC1. The van der Waals surface area contributed by atoms with Gasteiger partial charge in [0.1, 0.15) is 0 Å². The number of carbonyl (C=O) groups is 2. The van der Waals surface area contributed by atoms with Crippen LogP contribution in [-0.4, -0.2) is 52.4 Å². The van der Waals surface area contributed by atoms with Crippen molar-refractivity contribution < 1.29 is 9.59 Å². The molecule has 2 heterocycles. The summed E-state index contributed by atoms with van der Waals surface area (Å²) in [6.07, 6.45) is 2.76. The van der Waals surface area contributed by atoms with Crippen LogP contribution in [0.3, 0.4) is 0 Å². The highest BCUT2D eigenvalue weighted by molar-refractivity contribution is 5.90. The molecule has 1 aromatic heterocycles. The van der Waals surface area contributed by atoms with E-state index in [1.54, 1.807) is 0 Å². The van der Waals surface area contributed by atoms with E-state index in [9.17, 15) is 9.59 Å². The summed E-state index contributed by atoms with van der Waals surface area (Å²) in [5, 5.41) is 1.16. The van der Waals surface area contributed by atoms with Crippen LogP contribution < -0.4 is 0 Å². The maximum atomic E-state index is 12.9. The Bertz CT molecular complexity index is 809. The second-order valence-electron chi connectivity index (χ2n) is 7.18. The second kappa shape index (κ2) is 7.94. The highest BCUT2D eigenvalue weighted by Crippen LogP contribution is 2.25. The van der Waals surface area contributed by atoms with Crippen LogP contribution in [0.1, 0.15) is 37.4 Å². The van der Waals surface area contributed by atoms with Crippen LogP contribution in [0, 0.1) is 6.92 Å². The Labute approximate surface area is 155 Å². The van der Waals surface area contributed by atoms with Gasteiger partial charge in [0.2, 0.25) is 11.8 Å². The molecule has 0 radical (unpaired) electrons. The molecule has 0 aliphatic carbocycles. The molecule has 5 heteroatoms. The van der Waals surface area contributed by atoms with Gasteiger partial charge in [-0.3, -0.25) is 9.59 Å². The molecule has 1 aliphatic heterocycles. The van der Waals surface area contributed by atoms with E-state index < -0.39 is 0 Å². The average Bonchev–Trinajstić information content (AvgIpc) is 2.83. The molecule has 140 valence electrons. The van der Waals surface area contributed by atoms with Gasteiger partial charge in [-0.2, -0.15) is 0 Å². The zero-order valence-corrected chi connectivity index (χ0v) is 16.1. The number of benzene rings is 1. The van der Waals surface area contributed by atoms with Crippen LogP contribution in [0.5, 0.6) is 0 Å². The average molecular weight is 355 g/mol. The molecule has 1 aliphatic rings. The van der Waals surface area contributed by atoms with E-state index in [0.29, 0.717) is 25.9 Å². The minimum Gasteiger partial charge on any atom is -0.348 e. The molecule has 1 saturated heterocycles. The number of aromatic nitrogens is 1. The molecule has 0 unspecified atom stereocenters. The molecular formula is C21H29N3O2. The van der Waals surface area contributed by atoms with Gasteiger partial charge in [-0.1, -0.05) is 25.1 Å². The van der Waals surface area contributed by atoms with Crippen molar-refractivity contribution in [3.63, 3.8) is 0 Å². The predicted octanol–water partition coefficient (Wildman–Crippen LogP) is 2.89. The first-order chi connectivity index (χ1) is 12.5. The van der Waals surface area contributed by atoms with Crippen molar-refractivity contribution in [1.29, 1.82) is 0 Å². The van der Waals surface area contributed by atoms with Crippen LogP contribution in [0.2, 0.25) is 0 Å². The molecular weight excluding hydrogens is 326 g/mol. The summed E-state index contributed by atoms with van der Waals surface area (Å²) in [6, 6.07) is 8.25. The molecule has 1 aromatic carbocycles. The summed E-state index contributed by atoms with van der Waals surface area (Å²) in [5.41, 5.74) is 3.44. The van der Waals surface area contributed by atoms with Crippen LogP contribution in [0.25, 0.3) is 10.9 Å². The summed E-state index contributed by atoms with van der Waals surface area (Å²) in [6.45, 7) is 6.89. The van der Waals surface area contributed by atoms with Crippen LogP contribution in [0.15, 0.2) is 24.3 Å². The molecule has 2 amide bonds. The lowest BCUT2D eigenvalue weighted by atomic mass is 10.1. The van der Waals surface area contributed by atoms with Gasteiger partial charge >= 0.3 is 0 Å². The molecule has 3 rings (SSSR count). The van der Waals surface area contributed by atoms with Crippen LogP contribution in [-0.2, 0) is 23.1 Å². The zero-order chi connectivity index (χ0) is 18.7. The third-order valence-corrected chi connectivity index (χ3v) is 5.52. The van der Waals surface area contributed by atoms with Gasteiger partial charge in [-0.25, -0.2) is 0 Å². The van der Waals surface area contributed by atoms with E-state index >= 15 is 0 Å². The molecule has 0 atom stereocenters. The molecule has 26 heavy (non-hydrogen) atoms. The molecule has 0 saturated carbocycles. The fraction of sp³-hybridized carbons (Fsp3) is 0.524. The van der Waals surface area contributed by atoms with Crippen LogP contribution >= 0.6 is 0 Å². The highest BCUT2D eigenvalue weighted by atomic mass is 16.2. The van der Waals surface area contributed by atoms with Crippen molar-refractivity contribution >= 4 is 22.7 Å². The lowest BCUT2D eigenvalue weighted by molar-refractivity contribution is -0.133. The van der Waals surface area contributed by atoms with Gasteiger partial charge in [0.15, 0.2) is 0 Å². The fourth-order valence-corrected chi connectivity index (χ4v) is 3.87. The molecule has 0 bridgehead atoms. The molecule has 0 N–H and O–H groups in total. The third-order valence-electron chi connectivity index (χ3n) is 5.52. The van der Waals surface area contributed by atoms with E-state index in [1.807, 2.05) is 28.9 Å². The summed E-state index contributed by atoms with van der Waals surface area (Å²) >= 11 is 0. The fourth-order valence-electron chi connectivity index (χ4n) is 3.87. The Kier molecular flexibility index (Phi) is 5.64. The van der Waals surface area contributed by atoms with Gasteiger partial charge in [0.25, 0.3) is 0 Å². The minimum absolute atomic E-state index is 0.161. The van der Waals surface area contributed by atoms with Crippen LogP contribution in [0.4, 0.5) is 0 Å². The van der Waals surface area contributed by atoms with Gasteiger partial charge in [0, 0.05) is 56.2 Å². The van der Waals surface area contributed by atoms with Gasteiger partial charge in [-0.05, 0) is 31.4 Å². The predicted molar refractivity (Wildman–Crippen MR) is 104 cm³/mol. The molecule has 2 aromatic rings. The number of aryl methyl sites for hydroxylation is 1. The van der Waals surface area contributed by atoms with E-state index in [-0.39, 0.29) is 11.8 Å². The van der Waals surface area contributed by atoms with Crippen molar-refractivity contribution in [3.05, 3.63) is 35.5 Å². The summed E-state index contributed by atoms with van der Waals surface area (Å²) in [5.74, 6) is 0.376. The molecule has 5 nitrogen and oxygen atoms in total. The first-order valence-electron chi connectivity index (χ1n) is 9.61. The maximum absolute atomic E-state index is 12.9. The molecule has 0 spiro atoms. The minimum atomic E-state index is 0.161. The highest BCUT2D eigenvalue weighted by Gasteiger charge is 2.23. The summed E-state index contributed by atoms with van der Waals surface area (Å²) in [4.78, 5) is 28.9. The van der Waals surface area contributed by atoms with E-state index in [1.165, 1.54) is 5.52 Å². The number of nitrogens with zero attached hydrogens (tertiary/aromatic N) is 3. The number of rotatable bonds is 4. The van der Waals surface area contributed by atoms with Crippen molar-refractivity contribution in [3.8, 4) is 0 Å². The number of hydrogen-bond acceptors (Lipinski definition) is 2. The largest absolute Gasteiger partial charge is 0.348 e. The molecule has 1 fully saturated rings. The first-order valence-corrected chi connectivity index (χ1v) is 9.61. The normalized spacial score (nSPS) is 15.3. The van der Waals surface area contributed by atoms with Gasteiger partial charge < -0.3 is 14.4 Å². The summed E-state index contributed by atoms with van der Waals surface area (Å²) in [7, 11) is 2.05. The van der Waals surface area contributed by atoms with E-state index in [4.69, 9.17) is 0 Å². The maximum Gasteiger partial charge on any atom is 0.227 e. The smallest absolute Gasteiger partial charge is 0.227 e. The quantitative estimate of drug-likeness (QED) is 0.846. The Balaban J connectivity index is 1.71. The Morgan fingerprint density at radius 2 is 1.65 bits per heavy atom. The first kappa shape index (κ1) is 18.5. The Morgan fingerprint density at radius 3 is 2.35 bits per heavy atom. The number of carbonyl (C=O) groups excluding carboxylic acids is 2. The van der Waals surface area contributed by atoms with Crippen molar-refractivity contribution in [1.82, 2.24) is 14.4 Å². The second-order valence-corrected chi connectivity index (χ2v) is 7.18. The lowest BCUT2D eigenvalue weighted by Gasteiger charge is -2.22. The summed E-state index contributed by atoms with van der Waals surface area (Å²) < 4.78 is 2.16. The van der Waals surface area contributed by atoms with Crippen molar-refractivity contribution in [2.75, 3.05) is 26.2 Å². The van der Waals surface area contributed by atoms with Gasteiger partial charge in [0.05, 0.1) is 6.42 Å². The van der Waals surface area contributed by atoms with Gasteiger partial charge in [-0.15, -0.1) is 0 Å². The van der Waals surface area contributed by atoms with E-state index in [0.717, 1.165) is 42.6 Å². The number of para-hydroxylation sites is 1. The third kappa shape index (κ3) is 3.62. The van der Waals surface area contributed by atoms with Crippen molar-refractivity contribution in [2.45, 2.75) is 39.5 Å².